The molecule has 0 bridgehead atoms. The van der Waals surface area contributed by atoms with Gasteiger partial charge in [-0.25, -0.2) is 0 Å². The van der Waals surface area contributed by atoms with Gasteiger partial charge in [0.2, 0.25) is 0 Å². The fraction of sp³-hybridized carbons (Fsp3) is 0.600. The second-order valence-corrected chi connectivity index (χ2v) is 3.75. The molecule has 0 saturated heterocycles. The summed E-state index contributed by atoms with van der Waals surface area (Å²) in [6.07, 6.45) is 10.0. The molecule has 0 aromatic carbocycles. The second-order valence-electron chi connectivity index (χ2n) is 3.75. The lowest BCUT2D eigenvalue weighted by Gasteiger charge is -2.25. The molecule has 0 amide bonds. The number of hydrogen-bond donors (Lipinski definition) is 1. The van der Waals surface area contributed by atoms with E-state index < -0.39 is 0 Å². The molecule has 1 aromatic rings. The number of rotatable bonds is 1. The molecule has 70 valence electrons. The van der Waals surface area contributed by atoms with E-state index in [4.69, 9.17) is 5.73 Å². The first-order valence-electron chi connectivity index (χ1n) is 4.88. The maximum absolute atomic E-state index is 5.91. The van der Waals surface area contributed by atoms with Crippen molar-refractivity contribution in [3.63, 3.8) is 0 Å². The molecular weight excluding hydrogens is 162 g/mol. The Bertz CT molecular complexity index is 260. The third kappa shape index (κ3) is 2.04. The average Bonchev–Trinajstić information content (AvgIpc) is 2.19. The SMILES string of the molecule is NC1CCCC(c2cnccn2)C1. The summed E-state index contributed by atoms with van der Waals surface area (Å²) in [4.78, 5) is 8.40. The Morgan fingerprint density at radius 3 is 2.92 bits per heavy atom. The molecule has 2 N–H and O–H groups in total. The Kier molecular flexibility index (Phi) is 2.54. The third-order valence-electron chi connectivity index (χ3n) is 2.72. The fourth-order valence-corrected chi connectivity index (χ4v) is 2.02. The van der Waals surface area contributed by atoms with Crippen molar-refractivity contribution < 1.29 is 0 Å². The van der Waals surface area contributed by atoms with Crippen LogP contribution in [0.15, 0.2) is 18.6 Å². The summed E-state index contributed by atoms with van der Waals surface area (Å²) < 4.78 is 0. The molecule has 0 spiro atoms. The maximum atomic E-state index is 5.91. The van der Waals surface area contributed by atoms with Gasteiger partial charge in [0.15, 0.2) is 0 Å². The zero-order valence-corrected chi connectivity index (χ0v) is 7.69. The largest absolute Gasteiger partial charge is 0.328 e. The van der Waals surface area contributed by atoms with E-state index in [2.05, 4.69) is 9.97 Å². The maximum Gasteiger partial charge on any atom is 0.0618 e. The van der Waals surface area contributed by atoms with Crippen molar-refractivity contribution in [1.82, 2.24) is 9.97 Å². The van der Waals surface area contributed by atoms with Crippen molar-refractivity contribution >= 4 is 0 Å². The molecule has 1 aliphatic rings. The molecule has 1 fully saturated rings. The van der Waals surface area contributed by atoms with E-state index >= 15 is 0 Å². The van der Waals surface area contributed by atoms with Crippen molar-refractivity contribution in [2.24, 2.45) is 5.73 Å². The minimum absolute atomic E-state index is 0.362. The Hall–Kier alpha value is -0.960. The Morgan fingerprint density at radius 1 is 1.31 bits per heavy atom. The van der Waals surface area contributed by atoms with Crippen LogP contribution in [-0.4, -0.2) is 16.0 Å². The Labute approximate surface area is 78.4 Å². The van der Waals surface area contributed by atoms with Gasteiger partial charge in [0.1, 0.15) is 0 Å². The zero-order valence-electron chi connectivity index (χ0n) is 7.69. The van der Waals surface area contributed by atoms with Crippen LogP contribution in [0.1, 0.15) is 37.3 Å². The predicted molar refractivity (Wildman–Crippen MR) is 51.2 cm³/mol. The van der Waals surface area contributed by atoms with Gasteiger partial charge in [-0.1, -0.05) is 6.42 Å². The molecule has 3 heteroatoms. The number of aromatic nitrogens is 2. The van der Waals surface area contributed by atoms with Gasteiger partial charge in [0.05, 0.1) is 5.69 Å². The van der Waals surface area contributed by atoms with Crippen LogP contribution < -0.4 is 5.73 Å². The van der Waals surface area contributed by atoms with Crippen molar-refractivity contribution in [2.45, 2.75) is 37.6 Å². The van der Waals surface area contributed by atoms with Gasteiger partial charge < -0.3 is 5.73 Å². The molecule has 13 heavy (non-hydrogen) atoms. The summed E-state index contributed by atoms with van der Waals surface area (Å²) in [7, 11) is 0. The smallest absolute Gasteiger partial charge is 0.0618 e. The highest BCUT2D eigenvalue weighted by atomic mass is 14.8. The van der Waals surface area contributed by atoms with E-state index in [9.17, 15) is 0 Å². The van der Waals surface area contributed by atoms with Gasteiger partial charge in [-0.05, 0) is 19.3 Å². The van der Waals surface area contributed by atoms with Gasteiger partial charge in [-0.3, -0.25) is 9.97 Å². The van der Waals surface area contributed by atoms with E-state index in [0.717, 1.165) is 18.5 Å². The summed E-state index contributed by atoms with van der Waals surface area (Å²) in [5, 5.41) is 0. The molecule has 0 radical (unpaired) electrons. The van der Waals surface area contributed by atoms with Gasteiger partial charge in [-0.2, -0.15) is 0 Å². The monoisotopic (exact) mass is 177 g/mol. The van der Waals surface area contributed by atoms with E-state index in [1.807, 2.05) is 6.20 Å². The summed E-state index contributed by atoms with van der Waals surface area (Å²) in [6, 6.07) is 0.362. The summed E-state index contributed by atoms with van der Waals surface area (Å²) in [6.45, 7) is 0. The Morgan fingerprint density at radius 2 is 2.23 bits per heavy atom. The van der Waals surface area contributed by atoms with E-state index in [1.165, 1.54) is 12.8 Å². The van der Waals surface area contributed by atoms with Crippen molar-refractivity contribution in [2.75, 3.05) is 0 Å². The predicted octanol–water partition coefficient (Wildman–Crippen LogP) is 1.46. The van der Waals surface area contributed by atoms with Crippen LogP contribution in [0.3, 0.4) is 0 Å². The van der Waals surface area contributed by atoms with E-state index in [0.29, 0.717) is 12.0 Å². The third-order valence-corrected chi connectivity index (χ3v) is 2.72. The molecule has 1 heterocycles. The minimum Gasteiger partial charge on any atom is -0.328 e. The minimum atomic E-state index is 0.362. The van der Waals surface area contributed by atoms with Crippen LogP contribution in [0.5, 0.6) is 0 Å². The Balaban J connectivity index is 2.08. The normalized spacial score (nSPS) is 28.7. The summed E-state index contributed by atoms with van der Waals surface area (Å²) in [5.41, 5.74) is 7.02. The quantitative estimate of drug-likeness (QED) is 0.706. The van der Waals surface area contributed by atoms with E-state index in [1.54, 1.807) is 12.4 Å². The van der Waals surface area contributed by atoms with Gasteiger partial charge in [-0.15, -0.1) is 0 Å². The first-order valence-corrected chi connectivity index (χ1v) is 4.88. The molecule has 0 aliphatic heterocycles. The summed E-state index contributed by atoms with van der Waals surface area (Å²) in [5.74, 6) is 0.539. The number of hydrogen-bond acceptors (Lipinski definition) is 3. The van der Waals surface area contributed by atoms with Crippen molar-refractivity contribution in [1.29, 1.82) is 0 Å². The molecule has 2 unspecified atom stereocenters. The summed E-state index contributed by atoms with van der Waals surface area (Å²) >= 11 is 0. The van der Waals surface area contributed by atoms with Crippen LogP contribution >= 0.6 is 0 Å². The highest BCUT2D eigenvalue weighted by molar-refractivity contribution is 5.05. The van der Waals surface area contributed by atoms with Crippen LogP contribution in [0, 0.1) is 0 Å². The zero-order chi connectivity index (χ0) is 9.10. The van der Waals surface area contributed by atoms with Gasteiger partial charge >= 0.3 is 0 Å². The number of nitrogens with zero attached hydrogens (tertiary/aromatic N) is 2. The standard InChI is InChI=1S/C10H15N3/c11-9-3-1-2-8(6-9)10-7-12-4-5-13-10/h4-5,7-9H,1-3,6,11H2. The van der Waals surface area contributed by atoms with E-state index in [-0.39, 0.29) is 0 Å². The highest BCUT2D eigenvalue weighted by Crippen LogP contribution is 2.30. The van der Waals surface area contributed by atoms with Crippen molar-refractivity contribution in [3.8, 4) is 0 Å². The lowest BCUT2D eigenvalue weighted by Crippen LogP contribution is -2.27. The molecule has 2 rings (SSSR count). The fourth-order valence-electron chi connectivity index (χ4n) is 2.02. The topological polar surface area (TPSA) is 51.8 Å². The molecule has 2 atom stereocenters. The van der Waals surface area contributed by atoms with Gasteiger partial charge in [0, 0.05) is 30.6 Å². The molecule has 1 saturated carbocycles. The second kappa shape index (κ2) is 3.83. The van der Waals surface area contributed by atoms with Crippen LogP contribution in [0.2, 0.25) is 0 Å². The van der Waals surface area contributed by atoms with Crippen LogP contribution in [-0.2, 0) is 0 Å². The first-order chi connectivity index (χ1) is 6.36. The van der Waals surface area contributed by atoms with Crippen LogP contribution in [0.25, 0.3) is 0 Å². The molecule has 1 aromatic heterocycles. The van der Waals surface area contributed by atoms with Crippen LogP contribution in [0.4, 0.5) is 0 Å². The van der Waals surface area contributed by atoms with Crippen molar-refractivity contribution in [3.05, 3.63) is 24.3 Å². The number of nitrogens with two attached hydrogens (primary N) is 1. The molecule has 3 nitrogen and oxygen atoms in total. The highest BCUT2D eigenvalue weighted by Gasteiger charge is 2.21. The molecular formula is C10H15N3. The van der Waals surface area contributed by atoms with Gasteiger partial charge in [0.25, 0.3) is 0 Å². The first kappa shape index (κ1) is 8.63. The lowest BCUT2D eigenvalue weighted by molar-refractivity contribution is 0.387. The average molecular weight is 177 g/mol. The lowest BCUT2D eigenvalue weighted by atomic mass is 9.84. The molecule has 1 aliphatic carbocycles.